The molecule has 126 valence electrons. The fourth-order valence-corrected chi connectivity index (χ4v) is 4.46. The molecule has 2 saturated carbocycles. The third-order valence-corrected chi connectivity index (χ3v) is 5.73. The first kappa shape index (κ1) is 17.2. The van der Waals surface area contributed by atoms with Crippen LogP contribution in [0.15, 0.2) is 0 Å². The third-order valence-electron chi connectivity index (χ3n) is 4.64. The molecule has 22 heavy (non-hydrogen) atoms. The zero-order valence-corrected chi connectivity index (χ0v) is 14.0. The predicted molar refractivity (Wildman–Crippen MR) is 82.1 cm³/mol. The second-order valence-corrected chi connectivity index (χ2v) is 8.99. The Hall–Kier alpha value is -1.11. The number of amides is 1. The highest BCUT2D eigenvalue weighted by Crippen LogP contribution is 2.35. The number of hydrogen-bond donors (Lipinski definition) is 1. The molecule has 1 N–H and O–H groups in total. The maximum atomic E-state index is 12.8. The van der Waals surface area contributed by atoms with Crippen LogP contribution >= 0.6 is 0 Å². The summed E-state index contributed by atoms with van der Waals surface area (Å²) in [6.45, 7) is 1.79. The van der Waals surface area contributed by atoms with Crippen molar-refractivity contribution in [1.82, 2.24) is 4.90 Å². The average molecular weight is 331 g/mol. The van der Waals surface area contributed by atoms with Crippen molar-refractivity contribution < 1.29 is 23.1 Å². The SMILES string of the molecule is CC(CS(C)(=O)=O)N(C(=O)C1CCC(C(=O)O)CC1)C1CC1. The van der Waals surface area contributed by atoms with Gasteiger partial charge in [-0.25, -0.2) is 8.42 Å². The summed E-state index contributed by atoms with van der Waals surface area (Å²) in [5.41, 5.74) is 0. The smallest absolute Gasteiger partial charge is 0.306 e. The molecule has 1 amide bonds. The van der Waals surface area contributed by atoms with E-state index in [1.165, 1.54) is 6.26 Å². The Morgan fingerprint density at radius 2 is 1.59 bits per heavy atom. The lowest BCUT2D eigenvalue weighted by Crippen LogP contribution is -2.47. The van der Waals surface area contributed by atoms with Crippen molar-refractivity contribution in [2.24, 2.45) is 11.8 Å². The number of nitrogens with zero attached hydrogens (tertiary/aromatic N) is 1. The van der Waals surface area contributed by atoms with Gasteiger partial charge in [-0.1, -0.05) is 0 Å². The molecule has 0 bridgehead atoms. The third kappa shape index (κ3) is 4.44. The molecule has 0 aromatic heterocycles. The highest BCUT2D eigenvalue weighted by Gasteiger charge is 2.40. The highest BCUT2D eigenvalue weighted by atomic mass is 32.2. The molecule has 0 heterocycles. The van der Waals surface area contributed by atoms with Crippen molar-refractivity contribution in [3.05, 3.63) is 0 Å². The van der Waals surface area contributed by atoms with Crippen LogP contribution in [0.2, 0.25) is 0 Å². The van der Waals surface area contributed by atoms with E-state index in [2.05, 4.69) is 0 Å². The second-order valence-electron chi connectivity index (χ2n) is 6.80. The number of aliphatic carboxylic acids is 1. The fourth-order valence-electron chi connectivity index (χ4n) is 3.43. The largest absolute Gasteiger partial charge is 0.481 e. The van der Waals surface area contributed by atoms with Crippen molar-refractivity contribution in [2.45, 2.75) is 57.5 Å². The van der Waals surface area contributed by atoms with Crippen LogP contribution in [-0.4, -0.2) is 54.4 Å². The van der Waals surface area contributed by atoms with Gasteiger partial charge in [0.05, 0.1) is 11.7 Å². The zero-order valence-electron chi connectivity index (χ0n) is 13.2. The van der Waals surface area contributed by atoms with Crippen LogP contribution in [0.1, 0.15) is 45.4 Å². The summed E-state index contributed by atoms with van der Waals surface area (Å²) in [7, 11) is -3.13. The number of carboxylic acids is 1. The van der Waals surface area contributed by atoms with Crippen molar-refractivity contribution in [3.8, 4) is 0 Å². The summed E-state index contributed by atoms with van der Waals surface area (Å²) >= 11 is 0. The summed E-state index contributed by atoms with van der Waals surface area (Å²) in [6.07, 6.45) is 5.30. The number of carboxylic acid groups (broad SMARTS) is 1. The van der Waals surface area contributed by atoms with Gasteiger partial charge in [0.2, 0.25) is 5.91 Å². The number of hydrogen-bond acceptors (Lipinski definition) is 4. The van der Waals surface area contributed by atoms with E-state index in [1.54, 1.807) is 11.8 Å². The monoisotopic (exact) mass is 331 g/mol. The Bertz CT molecular complexity index is 532. The summed E-state index contributed by atoms with van der Waals surface area (Å²) in [5.74, 6) is -1.28. The quantitative estimate of drug-likeness (QED) is 0.792. The Morgan fingerprint density at radius 3 is 2.00 bits per heavy atom. The minimum absolute atomic E-state index is 0.0142. The van der Waals surface area contributed by atoms with Crippen molar-refractivity contribution in [2.75, 3.05) is 12.0 Å². The second kappa shape index (κ2) is 6.56. The van der Waals surface area contributed by atoms with E-state index < -0.39 is 15.8 Å². The molecular weight excluding hydrogens is 306 g/mol. The summed E-state index contributed by atoms with van der Waals surface area (Å²) in [5, 5.41) is 9.02. The van der Waals surface area contributed by atoms with E-state index in [1.807, 2.05) is 0 Å². The Kier molecular flexibility index (Phi) is 5.14. The van der Waals surface area contributed by atoms with Gasteiger partial charge in [-0.3, -0.25) is 9.59 Å². The number of sulfone groups is 1. The molecule has 2 aliphatic carbocycles. The lowest BCUT2D eigenvalue weighted by Gasteiger charge is -2.34. The Balaban J connectivity index is 2.00. The van der Waals surface area contributed by atoms with Crippen molar-refractivity contribution >= 4 is 21.7 Å². The van der Waals surface area contributed by atoms with Crippen LogP contribution in [0.25, 0.3) is 0 Å². The lowest BCUT2D eigenvalue weighted by molar-refractivity contribution is -0.146. The summed E-state index contributed by atoms with van der Waals surface area (Å²) in [6, 6.07) is -0.145. The molecule has 0 aromatic rings. The van der Waals surface area contributed by atoms with Gasteiger partial charge in [-0.05, 0) is 45.4 Å². The van der Waals surface area contributed by atoms with Gasteiger partial charge >= 0.3 is 5.97 Å². The van der Waals surface area contributed by atoms with Gasteiger partial charge in [0.25, 0.3) is 0 Å². The summed E-state index contributed by atoms with van der Waals surface area (Å²) < 4.78 is 23.0. The minimum atomic E-state index is -3.13. The highest BCUT2D eigenvalue weighted by molar-refractivity contribution is 7.90. The molecule has 2 rings (SSSR count). The maximum Gasteiger partial charge on any atom is 0.306 e. The van der Waals surface area contributed by atoms with Gasteiger partial charge in [0.1, 0.15) is 9.84 Å². The van der Waals surface area contributed by atoms with Crippen LogP contribution in [0.5, 0.6) is 0 Å². The molecule has 0 radical (unpaired) electrons. The molecule has 0 spiro atoms. The topological polar surface area (TPSA) is 91.8 Å². The van der Waals surface area contributed by atoms with E-state index in [0.29, 0.717) is 25.7 Å². The van der Waals surface area contributed by atoms with Crippen molar-refractivity contribution in [1.29, 1.82) is 0 Å². The van der Waals surface area contributed by atoms with E-state index in [0.717, 1.165) is 12.8 Å². The molecule has 1 atom stereocenters. The van der Waals surface area contributed by atoms with Gasteiger partial charge in [-0.15, -0.1) is 0 Å². The van der Waals surface area contributed by atoms with E-state index in [4.69, 9.17) is 5.11 Å². The van der Waals surface area contributed by atoms with E-state index in [9.17, 15) is 18.0 Å². The lowest BCUT2D eigenvalue weighted by atomic mass is 9.81. The first-order valence-corrected chi connectivity index (χ1v) is 9.98. The fraction of sp³-hybridized carbons (Fsp3) is 0.867. The van der Waals surface area contributed by atoms with Crippen LogP contribution in [-0.2, 0) is 19.4 Å². The van der Waals surface area contributed by atoms with Crippen LogP contribution in [0.4, 0.5) is 0 Å². The number of carbonyl (C=O) groups excluding carboxylic acids is 1. The van der Waals surface area contributed by atoms with E-state index >= 15 is 0 Å². The number of carbonyl (C=O) groups is 2. The molecule has 2 aliphatic rings. The summed E-state index contributed by atoms with van der Waals surface area (Å²) in [4.78, 5) is 25.5. The molecule has 6 nitrogen and oxygen atoms in total. The normalized spacial score (nSPS) is 27.2. The molecule has 1 unspecified atom stereocenters. The predicted octanol–water partition coefficient (Wildman–Crippen LogP) is 1.30. The average Bonchev–Trinajstić information content (AvgIpc) is 3.21. The molecular formula is C15H25NO5S. The maximum absolute atomic E-state index is 12.8. The zero-order chi connectivity index (χ0) is 16.5. The van der Waals surface area contributed by atoms with Gasteiger partial charge in [0.15, 0.2) is 0 Å². The van der Waals surface area contributed by atoms with Crippen LogP contribution in [0, 0.1) is 11.8 Å². The van der Waals surface area contributed by atoms with Gasteiger partial charge < -0.3 is 10.0 Å². The molecule has 0 saturated heterocycles. The molecule has 0 aliphatic heterocycles. The van der Waals surface area contributed by atoms with Gasteiger partial charge in [-0.2, -0.15) is 0 Å². The first-order valence-electron chi connectivity index (χ1n) is 7.91. The Labute approximate surface area is 131 Å². The van der Waals surface area contributed by atoms with E-state index in [-0.39, 0.29) is 35.6 Å². The minimum Gasteiger partial charge on any atom is -0.481 e. The first-order chi connectivity index (χ1) is 10.2. The molecule has 0 aromatic carbocycles. The molecule has 2 fully saturated rings. The van der Waals surface area contributed by atoms with Crippen LogP contribution < -0.4 is 0 Å². The Morgan fingerprint density at radius 1 is 1.09 bits per heavy atom. The number of rotatable bonds is 6. The standard InChI is InChI=1S/C15H25NO5S/c1-10(9-22(2,20)21)16(13-7-8-13)14(17)11-3-5-12(6-4-11)15(18)19/h10-13H,3-9H2,1-2H3,(H,18,19). The van der Waals surface area contributed by atoms with Crippen LogP contribution in [0.3, 0.4) is 0 Å². The van der Waals surface area contributed by atoms with Gasteiger partial charge in [0, 0.05) is 24.3 Å². The molecule has 7 heteroatoms. The van der Waals surface area contributed by atoms with Crippen molar-refractivity contribution in [3.63, 3.8) is 0 Å².